The summed E-state index contributed by atoms with van der Waals surface area (Å²) in [6.07, 6.45) is 3.70. The number of para-hydroxylation sites is 2. The summed E-state index contributed by atoms with van der Waals surface area (Å²) >= 11 is 0. The number of nitrogens with zero attached hydrogens (tertiary/aromatic N) is 2. The van der Waals surface area contributed by atoms with Crippen LogP contribution in [0.25, 0.3) is 11.0 Å². The van der Waals surface area contributed by atoms with E-state index < -0.39 is 0 Å². The topological polar surface area (TPSA) is 56.1 Å². The predicted molar refractivity (Wildman–Crippen MR) is 137 cm³/mol. The number of carbonyl (C=O) groups excluding carboxylic acids is 1. The lowest BCUT2D eigenvalue weighted by Crippen LogP contribution is -2.29. The first-order valence-electron chi connectivity index (χ1n) is 12.1. The van der Waals surface area contributed by atoms with Crippen LogP contribution in [0, 0.1) is 19.7 Å². The van der Waals surface area contributed by atoms with Crippen LogP contribution < -0.4 is 10.1 Å². The van der Waals surface area contributed by atoms with Crippen molar-refractivity contribution >= 4 is 16.9 Å². The molecule has 4 rings (SSSR count). The average Bonchev–Trinajstić information content (AvgIpc) is 3.20. The first-order valence-corrected chi connectivity index (χ1v) is 12.1. The molecule has 0 unspecified atom stereocenters. The van der Waals surface area contributed by atoms with Crippen molar-refractivity contribution in [1.82, 2.24) is 14.9 Å². The number of aromatic nitrogens is 2. The van der Waals surface area contributed by atoms with Crippen molar-refractivity contribution in [3.05, 3.63) is 95.1 Å². The zero-order valence-electron chi connectivity index (χ0n) is 20.4. The Kier molecular flexibility index (Phi) is 8.14. The van der Waals surface area contributed by atoms with Gasteiger partial charge < -0.3 is 14.6 Å². The number of imidazole rings is 1. The van der Waals surface area contributed by atoms with Crippen LogP contribution in [0.2, 0.25) is 0 Å². The summed E-state index contributed by atoms with van der Waals surface area (Å²) in [5.41, 5.74) is 5.23. The van der Waals surface area contributed by atoms with Crippen molar-refractivity contribution in [3.63, 3.8) is 0 Å². The second kappa shape index (κ2) is 11.6. The van der Waals surface area contributed by atoms with E-state index in [0.717, 1.165) is 65.0 Å². The number of amides is 1. The normalized spacial score (nSPS) is 11.1. The predicted octanol–water partition coefficient (Wildman–Crippen LogP) is 5.75. The van der Waals surface area contributed by atoms with Gasteiger partial charge in [-0.1, -0.05) is 42.8 Å². The third-order valence-electron chi connectivity index (χ3n) is 6.09. The van der Waals surface area contributed by atoms with Crippen molar-refractivity contribution in [2.24, 2.45) is 0 Å². The monoisotopic (exact) mass is 473 g/mol. The molecular formula is C29H32FN3O2. The minimum Gasteiger partial charge on any atom is -0.483 e. The molecule has 6 heteroatoms. The van der Waals surface area contributed by atoms with Crippen LogP contribution in [0.1, 0.15) is 41.8 Å². The van der Waals surface area contributed by atoms with Gasteiger partial charge in [-0.15, -0.1) is 0 Å². The van der Waals surface area contributed by atoms with Crippen molar-refractivity contribution in [1.29, 1.82) is 0 Å². The fourth-order valence-electron chi connectivity index (χ4n) is 4.13. The van der Waals surface area contributed by atoms with Gasteiger partial charge in [0.2, 0.25) is 0 Å². The number of ether oxygens (including phenoxy) is 1. The average molecular weight is 474 g/mol. The van der Waals surface area contributed by atoms with Gasteiger partial charge in [-0.05, 0) is 73.7 Å². The minimum atomic E-state index is -0.228. The Morgan fingerprint density at radius 1 is 1.00 bits per heavy atom. The van der Waals surface area contributed by atoms with Crippen LogP contribution in [-0.4, -0.2) is 28.6 Å². The fraction of sp³-hybridized carbons (Fsp3) is 0.310. The highest BCUT2D eigenvalue weighted by Gasteiger charge is 2.11. The fourth-order valence-corrected chi connectivity index (χ4v) is 4.13. The highest BCUT2D eigenvalue weighted by atomic mass is 19.1. The molecule has 0 bridgehead atoms. The molecule has 3 aromatic carbocycles. The molecular weight excluding hydrogens is 441 g/mol. The number of hydrogen-bond donors (Lipinski definition) is 1. The molecule has 0 aliphatic carbocycles. The molecule has 1 aromatic heterocycles. The zero-order chi connectivity index (χ0) is 24.6. The van der Waals surface area contributed by atoms with Crippen molar-refractivity contribution in [2.45, 2.75) is 46.1 Å². The molecule has 182 valence electrons. The zero-order valence-corrected chi connectivity index (χ0v) is 20.4. The number of benzene rings is 3. The Balaban J connectivity index is 1.24. The van der Waals surface area contributed by atoms with Crippen LogP contribution >= 0.6 is 0 Å². The molecule has 4 aromatic rings. The lowest BCUT2D eigenvalue weighted by molar-refractivity contribution is -0.123. The third-order valence-corrected chi connectivity index (χ3v) is 6.09. The molecule has 0 saturated heterocycles. The van der Waals surface area contributed by atoms with E-state index in [2.05, 4.69) is 16.0 Å². The molecule has 35 heavy (non-hydrogen) atoms. The molecule has 0 spiro atoms. The van der Waals surface area contributed by atoms with E-state index in [1.807, 2.05) is 62.4 Å². The van der Waals surface area contributed by atoms with Crippen LogP contribution in [0.4, 0.5) is 4.39 Å². The summed E-state index contributed by atoms with van der Waals surface area (Å²) in [7, 11) is 0. The SMILES string of the molecule is Cc1ccc(C)c(OCC(=O)NCCCCCc2nc3ccccc3n2Cc2ccc(F)cc2)c1. The summed E-state index contributed by atoms with van der Waals surface area (Å²) in [5, 5.41) is 2.94. The molecule has 1 amide bonds. The van der Waals surface area contributed by atoms with E-state index in [-0.39, 0.29) is 18.3 Å². The number of unbranched alkanes of at least 4 members (excludes halogenated alkanes) is 2. The van der Waals surface area contributed by atoms with E-state index in [4.69, 9.17) is 9.72 Å². The number of aryl methyl sites for hydroxylation is 3. The number of fused-ring (bicyclic) bond motifs is 1. The molecule has 0 aliphatic heterocycles. The second-order valence-electron chi connectivity index (χ2n) is 8.95. The number of rotatable bonds is 11. The molecule has 0 saturated carbocycles. The maximum atomic E-state index is 13.3. The Bertz CT molecular complexity index is 1280. The summed E-state index contributed by atoms with van der Waals surface area (Å²) in [4.78, 5) is 17.0. The van der Waals surface area contributed by atoms with Gasteiger partial charge in [-0.3, -0.25) is 4.79 Å². The molecule has 0 atom stereocenters. The Morgan fingerprint density at radius 3 is 2.63 bits per heavy atom. The maximum absolute atomic E-state index is 13.3. The first kappa shape index (κ1) is 24.5. The molecule has 1 heterocycles. The molecule has 0 fully saturated rings. The maximum Gasteiger partial charge on any atom is 0.257 e. The largest absolute Gasteiger partial charge is 0.483 e. The standard InChI is InChI=1S/C29H32FN3O2/c1-21-11-12-22(2)27(18-21)35-20-29(34)31-17-7-3-4-10-28-32-25-8-5-6-9-26(25)33(28)19-23-13-15-24(30)16-14-23/h5-6,8-9,11-16,18H,3-4,7,10,17,19-20H2,1-2H3,(H,31,34). The third kappa shape index (κ3) is 6.69. The summed E-state index contributed by atoms with van der Waals surface area (Å²) in [6.45, 7) is 5.29. The molecule has 0 radical (unpaired) electrons. The summed E-state index contributed by atoms with van der Waals surface area (Å²) < 4.78 is 21.2. The van der Waals surface area contributed by atoms with Gasteiger partial charge in [-0.25, -0.2) is 9.37 Å². The number of halogens is 1. The molecule has 1 N–H and O–H groups in total. The van der Waals surface area contributed by atoms with Gasteiger partial charge in [0.25, 0.3) is 5.91 Å². The number of nitrogens with one attached hydrogen (secondary N) is 1. The van der Waals surface area contributed by atoms with Crippen LogP contribution in [0.15, 0.2) is 66.7 Å². The van der Waals surface area contributed by atoms with E-state index in [0.29, 0.717) is 13.1 Å². The van der Waals surface area contributed by atoms with E-state index in [9.17, 15) is 9.18 Å². The van der Waals surface area contributed by atoms with Gasteiger partial charge in [0, 0.05) is 19.5 Å². The minimum absolute atomic E-state index is 0.0255. The van der Waals surface area contributed by atoms with E-state index >= 15 is 0 Å². The van der Waals surface area contributed by atoms with E-state index in [1.165, 1.54) is 12.1 Å². The summed E-state index contributed by atoms with van der Waals surface area (Å²) in [5.74, 6) is 1.45. The Hall–Kier alpha value is -3.67. The number of hydrogen-bond acceptors (Lipinski definition) is 3. The van der Waals surface area contributed by atoms with Gasteiger partial charge in [0.1, 0.15) is 17.4 Å². The highest BCUT2D eigenvalue weighted by molar-refractivity contribution is 5.77. The molecule has 0 aliphatic rings. The number of carbonyl (C=O) groups is 1. The highest BCUT2D eigenvalue weighted by Crippen LogP contribution is 2.20. The smallest absolute Gasteiger partial charge is 0.257 e. The van der Waals surface area contributed by atoms with Gasteiger partial charge in [-0.2, -0.15) is 0 Å². The van der Waals surface area contributed by atoms with Crippen molar-refractivity contribution < 1.29 is 13.9 Å². The van der Waals surface area contributed by atoms with Gasteiger partial charge in [0.05, 0.1) is 11.0 Å². The first-order chi connectivity index (χ1) is 17.0. The lowest BCUT2D eigenvalue weighted by atomic mass is 10.1. The lowest BCUT2D eigenvalue weighted by Gasteiger charge is -2.11. The Morgan fingerprint density at radius 2 is 1.80 bits per heavy atom. The van der Waals surface area contributed by atoms with Crippen LogP contribution in [0.3, 0.4) is 0 Å². The van der Waals surface area contributed by atoms with Crippen LogP contribution in [-0.2, 0) is 17.8 Å². The van der Waals surface area contributed by atoms with Crippen molar-refractivity contribution in [2.75, 3.05) is 13.2 Å². The van der Waals surface area contributed by atoms with Crippen molar-refractivity contribution in [3.8, 4) is 5.75 Å². The van der Waals surface area contributed by atoms with Gasteiger partial charge in [0.15, 0.2) is 6.61 Å². The quantitative estimate of drug-likeness (QED) is 0.282. The van der Waals surface area contributed by atoms with E-state index in [1.54, 1.807) is 0 Å². The van der Waals surface area contributed by atoms with Gasteiger partial charge >= 0.3 is 0 Å². The second-order valence-corrected chi connectivity index (χ2v) is 8.95. The summed E-state index contributed by atoms with van der Waals surface area (Å²) in [6, 6.07) is 20.7. The van der Waals surface area contributed by atoms with Crippen LogP contribution in [0.5, 0.6) is 5.75 Å². The Labute approximate surface area is 206 Å². The molecule has 5 nitrogen and oxygen atoms in total.